The van der Waals surface area contributed by atoms with Crippen LogP contribution in [0.3, 0.4) is 0 Å². The van der Waals surface area contributed by atoms with Gasteiger partial charge in [-0.25, -0.2) is 0 Å². The Morgan fingerprint density at radius 1 is 1.70 bits per heavy atom. The number of rotatable bonds is 1. The van der Waals surface area contributed by atoms with Crippen molar-refractivity contribution in [1.29, 1.82) is 0 Å². The van der Waals surface area contributed by atoms with E-state index in [-0.39, 0.29) is 18.3 Å². The number of halogens is 1. The zero-order valence-corrected chi connectivity index (χ0v) is 6.83. The summed E-state index contributed by atoms with van der Waals surface area (Å²) in [6, 6.07) is 0. The van der Waals surface area contributed by atoms with Gasteiger partial charge >= 0.3 is 0 Å². The summed E-state index contributed by atoms with van der Waals surface area (Å²) in [5.41, 5.74) is 4.71. The Kier molecular flexibility index (Phi) is 3.12. The van der Waals surface area contributed by atoms with E-state index < -0.39 is 5.54 Å². The fraction of sp³-hybridized carbons (Fsp3) is 0.833. The van der Waals surface area contributed by atoms with Gasteiger partial charge in [-0.3, -0.25) is 4.79 Å². The Morgan fingerprint density at radius 2 is 2.30 bits per heavy atom. The molecular weight excluding hydrogens is 152 g/mol. The van der Waals surface area contributed by atoms with Crippen molar-refractivity contribution in [3.63, 3.8) is 0 Å². The second kappa shape index (κ2) is 3.21. The largest absolute Gasteiger partial charge is 0.368 e. The highest BCUT2D eigenvalue weighted by molar-refractivity contribution is 5.85. The number of nitrogens with one attached hydrogen (secondary N) is 1. The number of primary amides is 1. The number of nitrogens with two attached hydrogens (primary N) is 1. The molecule has 10 heavy (non-hydrogen) atoms. The van der Waals surface area contributed by atoms with Crippen LogP contribution in [0.5, 0.6) is 0 Å². The summed E-state index contributed by atoms with van der Waals surface area (Å²) in [5.74, 6) is -0.236. The van der Waals surface area contributed by atoms with Crippen LogP contribution in [-0.2, 0) is 4.79 Å². The van der Waals surface area contributed by atoms with Crippen LogP contribution in [0.4, 0.5) is 0 Å². The summed E-state index contributed by atoms with van der Waals surface area (Å²) in [6.07, 6.45) is 1.93. The molecule has 1 amide bonds. The fourth-order valence-electron chi connectivity index (χ4n) is 1.10. The van der Waals surface area contributed by atoms with E-state index in [2.05, 4.69) is 5.32 Å². The van der Waals surface area contributed by atoms with Gasteiger partial charge in [0.25, 0.3) is 0 Å². The van der Waals surface area contributed by atoms with Crippen molar-refractivity contribution in [2.75, 3.05) is 6.54 Å². The van der Waals surface area contributed by atoms with Gasteiger partial charge in [0.1, 0.15) is 0 Å². The molecule has 0 aromatic carbocycles. The molecule has 0 aliphatic carbocycles. The van der Waals surface area contributed by atoms with Crippen LogP contribution in [0.2, 0.25) is 0 Å². The number of amides is 1. The second-order valence-corrected chi connectivity index (χ2v) is 2.73. The van der Waals surface area contributed by atoms with Gasteiger partial charge in [0.15, 0.2) is 0 Å². The Hall–Kier alpha value is -0.280. The Bertz CT molecular complexity index is 132. The standard InChI is InChI=1S/C6H12N2O.ClH/c1-6(5(7)9)3-2-4-8-6;/h8H,2-4H2,1H3,(H2,7,9);1H/t6-;/m1./s1. The zero-order valence-electron chi connectivity index (χ0n) is 6.02. The molecular formula is C6H13ClN2O. The average molecular weight is 165 g/mol. The van der Waals surface area contributed by atoms with Gasteiger partial charge < -0.3 is 11.1 Å². The topological polar surface area (TPSA) is 55.1 Å². The maximum Gasteiger partial charge on any atom is 0.237 e. The first-order valence-corrected chi connectivity index (χ1v) is 3.20. The summed E-state index contributed by atoms with van der Waals surface area (Å²) in [7, 11) is 0. The molecule has 1 fully saturated rings. The monoisotopic (exact) mass is 164 g/mol. The molecule has 1 heterocycles. The fourth-order valence-corrected chi connectivity index (χ4v) is 1.10. The SMILES string of the molecule is C[C@]1(C(N)=O)CCCN1.Cl. The molecule has 1 atom stereocenters. The van der Waals surface area contributed by atoms with Crippen molar-refractivity contribution in [3.8, 4) is 0 Å². The molecule has 0 saturated carbocycles. The van der Waals surface area contributed by atoms with E-state index in [4.69, 9.17) is 5.73 Å². The lowest BCUT2D eigenvalue weighted by Gasteiger charge is -2.18. The predicted molar refractivity (Wildman–Crippen MR) is 42.1 cm³/mol. The van der Waals surface area contributed by atoms with Gasteiger partial charge in [0.05, 0.1) is 5.54 Å². The summed E-state index contributed by atoms with van der Waals surface area (Å²) in [6.45, 7) is 2.77. The number of carbonyl (C=O) groups is 1. The molecule has 1 saturated heterocycles. The number of hydrogen-bond donors (Lipinski definition) is 2. The molecule has 0 radical (unpaired) electrons. The first kappa shape index (κ1) is 9.72. The van der Waals surface area contributed by atoms with E-state index in [0.29, 0.717) is 0 Å². The number of hydrogen-bond acceptors (Lipinski definition) is 2. The Morgan fingerprint density at radius 3 is 2.50 bits per heavy atom. The van der Waals surface area contributed by atoms with E-state index in [0.717, 1.165) is 19.4 Å². The van der Waals surface area contributed by atoms with Crippen LogP contribution in [0, 0.1) is 0 Å². The lowest BCUT2D eigenvalue weighted by atomic mass is 10.0. The lowest BCUT2D eigenvalue weighted by Crippen LogP contribution is -2.48. The molecule has 0 aromatic rings. The Labute approximate surface area is 66.8 Å². The molecule has 3 nitrogen and oxygen atoms in total. The second-order valence-electron chi connectivity index (χ2n) is 2.73. The smallest absolute Gasteiger partial charge is 0.237 e. The third kappa shape index (κ3) is 1.61. The quantitative estimate of drug-likeness (QED) is 0.575. The average Bonchev–Trinajstić information content (AvgIpc) is 2.16. The highest BCUT2D eigenvalue weighted by atomic mass is 35.5. The minimum Gasteiger partial charge on any atom is -0.368 e. The van der Waals surface area contributed by atoms with Gasteiger partial charge in [-0.15, -0.1) is 12.4 Å². The van der Waals surface area contributed by atoms with Crippen molar-refractivity contribution in [3.05, 3.63) is 0 Å². The summed E-state index contributed by atoms with van der Waals surface area (Å²) >= 11 is 0. The molecule has 0 aromatic heterocycles. The summed E-state index contributed by atoms with van der Waals surface area (Å²) in [4.78, 5) is 10.7. The molecule has 1 aliphatic rings. The summed E-state index contributed by atoms with van der Waals surface area (Å²) < 4.78 is 0. The summed E-state index contributed by atoms with van der Waals surface area (Å²) in [5, 5.41) is 3.06. The Balaban J connectivity index is 0.000000810. The molecule has 0 unspecified atom stereocenters. The van der Waals surface area contributed by atoms with Crippen molar-refractivity contribution in [1.82, 2.24) is 5.32 Å². The van der Waals surface area contributed by atoms with Crippen molar-refractivity contribution in [2.24, 2.45) is 5.73 Å². The third-order valence-corrected chi connectivity index (χ3v) is 1.91. The van der Waals surface area contributed by atoms with Crippen LogP contribution in [-0.4, -0.2) is 18.0 Å². The molecule has 3 N–H and O–H groups in total. The van der Waals surface area contributed by atoms with Crippen molar-refractivity contribution < 1.29 is 4.79 Å². The first-order valence-electron chi connectivity index (χ1n) is 3.20. The van der Waals surface area contributed by atoms with Crippen LogP contribution in [0.15, 0.2) is 0 Å². The van der Waals surface area contributed by atoms with E-state index in [9.17, 15) is 4.79 Å². The third-order valence-electron chi connectivity index (χ3n) is 1.91. The van der Waals surface area contributed by atoms with Crippen molar-refractivity contribution in [2.45, 2.75) is 25.3 Å². The van der Waals surface area contributed by atoms with Gasteiger partial charge in [0.2, 0.25) is 5.91 Å². The van der Waals surface area contributed by atoms with E-state index >= 15 is 0 Å². The molecule has 60 valence electrons. The van der Waals surface area contributed by atoms with Crippen molar-refractivity contribution >= 4 is 18.3 Å². The van der Waals surface area contributed by atoms with Gasteiger partial charge in [-0.05, 0) is 26.3 Å². The lowest BCUT2D eigenvalue weighted by molar-refractivity contribution is -0.123. The van der Waals surface area contributed by atoms with E-state index in [1.807, 2.05) is 6.92 Å². The minimum atomic E-state index is -0.417. The van der Waals surface area contributed by atoms with E-state index in [1.54, 1.807) is 0 Å². The van der Waals surface area contributed by atoms with Crippen LogP contribution < -0.4 is 11.1 Å². The minimum absolute atomic E-state index is 0. The highest BCUT2D eigenvalue weighted by Gasteiger charge is 2.33. The van der Waals surface area contributed by atoms with Crippen LogP contribution in [0.25, 0.3) is 0 Å². The predicted octanol–water partition coefficient (Wildman–Crippen LogP) is 0.0356. The molecule has 1 rings (SSSR count). The maximum absolute atomic E-state index is 10.7. The van der Waals surface area contributed by atoms with Crippen LogP contribution in [0.1, 0.15) is 19.8 Å². The van der Waals surface area contributed by atoms with Gasteiger partial charge in [-0.2, -0.15) is 0 Å². The van der Waals surface area contributed by atoms with Gasteiger partial charge in [0, 0.05) is 0 Å². The van der Waals surface area contributed by atoms with E-state index in [1.165, 1.54) is 0 Å². The number of carbonyl (C=O) groups excluding carboxylic acids is 1. The normalized spacial score (nSPS) is 31.3. The first-order chi connectivity index (χ1) is 4.15. The molecule has 0 spiro atoms. The van der Waals surface area contributed by atoms with Gasteiger partial charge in [-0.1, -0.05) is 0 Å². The maximum atomic E-state index is 10.7. The zero-order chi connectivity index (χ0) is 6.91. The highest BCUT2D eigenvalue weighted by Crippen LogP contribution is 2.16. The van der Waals surface area contributed by atoms with Crippen LogP contribution >= 0.6 is 12.4 Å². The molecule has 4 heteroatoms. The molecule has 1 aliphatic heterocycles. The molecule has 0 bridgehead atoms.